The number of nitro groups is 1. The maximum atomic E-state index is 12.0. The van der Waals surface area contributed by atoms with Crippen molar-refractivity contribution in [2.75, 3.05) is 6.61 Å². The van der Waals surface area contributed by atoms with E-state index in [2.05, 4.69) is 10.4 Å². The van der Waals surface area contributed by atoms with E-state index in [0.717, 1.165) is 0 Å². The van der Waals surface area contributed by atoms with Gasteiger partial charge < -0.3 is 14.8 Å². The van der Waals surface area contributed by atoms with Gasteiger partial charge in [0.05, 0.1) is 4.92 Å². The van der Waals surface area contributed by atoms with Gasteiger partial charge >= 0.3 is 11.8 Å². The largest absolute Gasteiger partial charge is 0.444 e. The number of ether oxygens (including phenoxy) is 2. The third-order valence-electron chi connectivity index (χ3n) is 4.19. The first kappa shape index (κ1) is 19.2. The lowest BCUT2D eigenvalue weighted by molar-refractivity contribution is -0.386. The van der Waals surface area contributed by atoms with E-state index >= 15 is 0 Å². The van der Waals surface area contributed by atoms with Crippen molar-refractivity contribution in [2.24, 2.45) is 13.0 Å². The second-order valence-electron chi connectivity index (χ2n) is 7.41. The van der Waals surface area contributed by atoms with Crippen LogP contribution in [0.25, 0.3) is 0 Å². The highest BCUT2D eigenvalue weighted by molar-refractivity contribution is 5.68. The van der Waals surface area contributed by atoms with Crippen LogP contribution in [0.3, 0.4) is 0 Å². The molecule has 0 aromatic carbocycles. The molecule has 1 aromatic rings. The van der Waals surface area contributed by atoms with Crippen molar-refractivity contribution in [2.45, 2.75) is 58.3 Å². The van der Waals surface area contributed by atoms with Gasteiger partial charge in [-0.15, -0.1) is 0 Å². The lowest BCUT2D eigenvalue weighted by atomic mass is 9.93. The predicted molar refractivity (Wildman–Crippen MR) is 90.1 cm³/mol. The number of carbonyl (C=O) groups excluding carboxylic acids is 1. The Balaban J connectivity index is 2.09. The summed E-state index contributed by atoms with van der Waals surface area (Å²) in [5.41, 5.74) is -0.153. The van der Waals surface area contributed by atoms with Gasteiger partial charge in [-0.25, -0.2) is 4.79 Å². The third-order valence-corrected chi connectivity index (χ3v) is 4.19. The molecule has 9 heteroatoms. The first-order valence-electron chi connectivity index (χ1n) is 8.36. The summed E-state index contributed by atoms with van der Waals surface area (Å²) in [6, 6.07) is -0.118. The molecule has 2 heterocycles. The highest BCUT2D eigenvalue weighted by Gasteiger charge is 2.34. The molecule has 9 nitrogen and oxygen atoms in total. The monoisotopic (exact) mass is 354 g/mol. The van der Waals surface area contributed by atoms with Crippen LogP contribution in [0.4, 0.5) is 10.5 Å². The Kier molecular flexibility index (Phi) is 5.66. The molecule has 1 saturated heterocycles. The standard InChI is InChI=1S/C16H26N4O5/c1-10-8-13(14-12(20(22)23)9-17-19(14)5)24-7-6-11(10)18-15(21)25-16(2,3)4/h9-11,13H,6-8H2,1-5H3,(H,18,21)/t10-,11-,13?/m0/s1. The van der Waals surface area contributed by atoms with Gasteiger partial charge in [-0.1, -0.05) is 6.92 Å². The highest BCUT2D eigenvalue weighted by Crippen LogP contribution is 2.35. The number of amides is 1. The first-order valence-corrected chi connectivity index (χ1v) is 8.36. The molecular weight excluding hydrogens is 328 g/mol. The van der Waals surface area contributed by atoms with Crippen molar-refractivity contribution >= 4 is 11.8 Å². The number of alkyl carbamates (subject to hydrolysis) is 1. The minimum absolute atomic E-state index is 0.0433. The van der Waals surface area contributed by atoms with Gasteiger partial charge in [-0.2, -0.15) is 5.10 Å². The number of rotatable bonds is 3. The van der Waals surface area contributed by atoms with Crippen LogP contribution in [0.2, 0.25) is 0 Å². The average molecular weight is 354 g/mol. The number of carbonyl (C=O) groups is 1. The Hall–Kier alpha value is -2.16. The molecule has 140 valence electrons. The molecule has 25 heavy (non-hydrogen) atoms. The topological polar surface area (TPSA) is 109 Å². The molecule has 3 atom stereocenters. The summed E-state index contributed by atoms with van der Waals surface area (Å²) in [7, 11) is 1.66. The Morgan fingerprint density at radius 3 is 2.80 bits per heavy atom. The molecule has 0 spiro atoms. The van der Waals surface area contributed by atoms with Gasteiger partial charge in [-0.3, -0.25) is 14.8 Å². The molecule has 0 aliphatic carbocycles. The van der Waals surface area contributed by atoms with Crippen molar-refractivity contribution in [3.05, 3.63) is 22.0 Å². The van der Waals surface area contributed by atoms with Crippen molar-refractivity contribution in [3.63, 3.8) is 0 Å². The van der Waals surface area contributed by atoms with Crippen LogP contribution in [0.1, 0.15) is 52.3 Å². The Morgan fingerprint density at radius 2 is 2.20 bits per heavy atom. The zero-order chi connectivity index (χ0) is 18.8. The van der Waals surface area contributed by atoms with Gasteiger partial charge in [0.2, 0.25) is 0 Å². The third kappa shape index (κ3) is 4.91. The number of aryl methyl sites for hydroxylation is 1. The van der Waals surface area contributed by atoms with E-state index in [0.29, 0.717) is 25.1 Å². The molecule has 1 aliphatic rings. The average Bonchev–Trinajstić information content (AvgIpc) is 2.75. The van der Waals surface area contributed by atoms with Gasteiger partial charge in [0.25, 0.3) is 0 Å². The quantitative estimate of drug-likeness (QED) is 0.660. The maximum Gasteiger partial charge on any atom is 0.407 e. The van der Waals surface area contributed by atoms with Crippen LogP contribution in [0.15, 0.2) is 6.20 Å². The van der Waals surface area contributed by atoms with E-state index in [1.54, 1.807) is 7.05 Å². The molecular formula is C16H26N4O5. The van der Waals surface area contributed by atoms with Gasteiger partial charge in [0.1, 0.15) is 23.6 Å². The van der Waals surface area contributed by atoms with Crippen LogP contribution in [0.5, 0.6) is 0 Å². The van der Waals surface area contributed by atoms with E-state index in [4.69, 9.17) is 9.47 Å². The SMILES string of the molecule is C[C@H]1CC(c2c([N+](=O)[O-])cnn2C)OCC[C@@H]1NC(=O)OC(C)(C)C. The van der Waals surface area contributed by atoms with Gasteiger partial charge in [-0.05, 0) is 39.5 Å². The van der Waals surface area contributed by atoms with E-state index in [1.165, 1.54) is 10.9 Å². The van der Waals surface area contributed by atoms with Crippen LogP contribution < -0.4 is 5.32 Å². The van der Waals surface area contributed by atoms with Crippen LogP contribution in [-0.2, 0) is 16.5 Å². The summed E-state index contributed by atoms with van der Waals surface area (Å²) in [6.07, 6.45) is 1.50. The summed E-state index contributed by atoms with van der Waals surface area (Å²) in [4.78, 5) is 22.8. The number of nitrogens with zero attached hydrogens (tertiary/aromatic N) is 3. The van der Waals surface area contributed by atoms with E-state index in [9.17, 15) is 14.9 Å². The predicted octanol–water partition coefficient (Wildman–Crippen LogP) is 2.71. The lowest BCUT2D eigenvalue weighted by Gasteiger charge is -2.26. The highest BCUT2D eigenvalue weighted by atomic mass is 16.6. The molecule has 1 aromatic heterocycles. The Bertz CT molecular complexity index is 637. The molecule has 1 N–H and O–H groups in total. The van der Waals surface area contributed by atoms with Crippen molar-refractivity contribution in [3.8, 4) is 0 Å². The summed E-state index contributed by atoms with van der Waals surface area (Å²) in [5, 5.41) is 18.1. The molecule has 1 amide bonds. The zero-order valence-electron chi connectivity index (χ0n) is 15.3. The fourth-order valence-electron chi connectivity index (χ4n) is 3.01. The summed E-state index contributed by atoms with van der Waals surface area (Å²) >= 11 is 0. The van der Waals surface area contributed by atoms with E-state index in [-0.39, 0.29) is 17.6 Å². The second kappa shape index (κ2) is 7.38. The second-order valence-corrected chi connectivity index (χ2v) is 7.41. The lowest BCUT2D eigenvalue weighted by Crippen LogP contribution is -2.42. The molecule has 0 saturated carbocycles. The number of hydrogen-bond donors (Lipinski definition) is 1. The molecule has 1 aliphatic heterocycles. The number of nitrogens with one attached hydrogen (secondary N) is 1. The van der Waals surface area contributed by atoms with E-state index < -0.39 is 22.7 Å². The van der Waals surface area contributed by atoms with Crippen molar-refractivity contribution in [1.82, 2.24) is 15.1 Å². The summed E-state index contributed by atoms with van der Waals surface area (Å²) < 4.78 is 12.6. The minimum Gasteiger partial charge on any atom is -0.444 e. The smallest absolute Gasteiger partial charge is 0.407 e. The van der Waals surface area contributed by atoms with Crippen molar-refractivity contribution in [1.29, 1.82) is 0 Å². The maximum absolute atomic E-state index is 12.0. The number of aromatic nitrogens is 2. The molecule has 1 unspecified atom stereocenters. The molecule has 1 fully saturated rings. The molecule has 2 rings (SSSR count). The Labute approximate surface area is 146 Å². The van der Waals surface area contributed by atoms with E-state index in [1.807, 2.05) is 27.7 Å². The molecule has 0 bridgehead atoms. The first-order chi connectivity index (χ1) is 11.6. The fraction of sp³-hybridized carbons (Fsp3) is 0.750. The Morgan fingerprint density at radius 1 is 1.52 bits per heavy atom. The normalized spacial score (nSPS) is 24.4. The van der Waals surface area contributed by atoms with Crippen molar-refractivity contribution < 1.29 is 19.2 Å². The van der Waals surface area contributed by atoms with Gasteiger partial charge in [0.15, 0.2) is 0 Å². The molecule has 0 radical (unpaired) electrons. The van der Waals surface area contributed by atoms with Gasteiger partial charge in [0, 0.05) is 19.7 Å². The van der Waals surface area contributed by atoms with Crippen LogP contribution in [-0.4, -0.2) is 39.0 Å². The summed E-state index contributed by atoms with van der Waals surface area (Å²) in [5.74, 6) is 0.0644. The number of hydrogen-bond acceptors (Lipinski definition) is 6. The fourth-order valence-corrected chi connectivity index (χ4v) is 3.01. The summed E-state index contributed by atoms with van der Waals surface area (Å²) in [6.45, 7) is 7.81. The van der Waals surface area contributed by atoms with Crippen LogP contribution in [0, 0.1) is 16.0 Å². The van der Waals surface area contributed by atoms with Crippen LogP contribution >= 0.6 is 0 Å². The minimum atomic E-state index is -0.563. The zero-order valence-corrected chi connectivity index (χ0v) is 15.3.